The molecule has 0 aliphatic carbocycles. The van der Waals surface area contributed by atoms with Crippen molar-refractivity contribution in [2.24, 2.45) is 0 Å². The summed E-state index contributed by atoms with van der Waals surface area (Å²) in [7, 11) is 0. The molecule has 0 saturated heterocycles. The van der Waals surface area contributed by atoms with Gasteiger partial charge >= 0.3 is 36.1 Å². The van der Waals surface area contributed by atoms with Crippen LogP contribution in [0.3, 0.4) is 0 Å². The normalized spacial score (nSPS) is 12.9. The van der Waals surface area contributed by atoms with Gasteiger partial charge in [0.2, 0.25) is 0 Å². The van der Waals surface area contributed by atoms with Crippen molar-refractivity contribution < 1.29 is 68.9 Å². The number of alkyl carbamates (subject to hydrolysis) is 1. The predicted molar refractivity (Wildman–Crippen MR) is 198 cm³/mol. The number of amides is 3. The van der Waals surface area contributed by atoms with Gasteiger partial charge in [-0.25, -0.2) is 14.0 Å². The maximum atomic E-state index is 14.8. The lowest BCUT2D eigenvalue weighted by molar-refractivity contribution is -0.348. The molecule has 0 radical (unpaired) electrons. The monoisotopic (exact) mass is 827 g/mol. The lowest BCUT2D eigenvalue weighted by Gasteiger charge is -2.31. The van der Waals surface area contributed by atoms with E-state index in [1.54, 1.807) is 59.7 Å². The highest BCUT2D eigenvalue weighted by atomic mass is 19.4. The molecule has 0 heterocycles. The molecule has 0 bridgehead atoms. The molecule has 3 aromatic carbocycles. The number of carbonyl (C=O) groups excluding carboxylic acids is 5. The molecule has 0 saturated carbocycles. The number of nitrogens with one attached hydrogen (secondary N) is 2. The zero-order valence-electron chi connectivity index (χ0n) is 32.9. The van der Waals surface area contributed by atoms with E-state index in [4.69, 9.17) is 14.2 Å². The van der Waals surface area contributed by atoms with Crippen LogP contribution in [0.4, 0.5) is 46.9 Å². The van der Waals surface area contributed by atoms with Crippen molar-refractivity contribution in [3.63, 3.8) is 0 Å². The van der Waals surface area contributed by atoms with Crippen LogP contribution in [0.1, 0.15) is 85.4 Å². The first kappa shape index (κ1) is 46.7. The van der Waals surface area contributed by atoms with E-state index in [2.05, 4.69) is 10.6 Å². The number of aryl methyl sites for hydroxylation is 2. The molecule has 11 nitrogen and oxygen atoms in total. The summed E-state index contributed by atoms with van der Waals surface area (Å²) in [6, 6.07) is 12.4. The fraction of sp³-hybridized carbons (Fsp3) is 0.425. The molecule has 0 aromatic heterocycles. The minimum atomic E-state index is -6.34. The molecule has 0 spiro atoms. The maximum Gasteiger partial charge on any atom is 0.435 e. The number of ether oxygens (including phenoxy) is 3. The van der Waals surface area contributed by atoms with E-state index in [0.29, 0.717) is 12.1 Å². The van der Waals surface area contributed by atoms with Crippen LogP contribution in [0, 0.1) is 13.8 Å². The number of halogens is 7. The van der Waals surface area contributed by atoms with Crippen molar-refractivity contribution >= 4 is 41.2 Å². The van der Waals surface area contributed by atoms with E-state index in [1.807, 2.05) is 0 Å². The first-order valence-electron chi connectivity index (χ1n) is 17.6. The van der Waals surface area contributed by atoms with Gasteiger partial charge in [-0.15, -0.1) is 0 Å². The van der Waals surface area contributed by atoms with E-state index in [1.165, 1.54) is 36.4 Å². The van der Waals surface area contributed by atoms with Crippen LogP contribution in [-0.4, -0.2) is 72.6 Å². The molecule has 3 aromatic rings. The molecule has 0 aliphatic rings. The second-order valence-corrected chi connectivity index (χ2v) is 15.1. The SMILES string of the molecule is Cc1cc(C(F)(C(F)(F)F)C(F)(F)F)cc(C)c1NC(=O)c1cccc(N(CCC(=O)OCC(NC(=O)OC(C)(C)C)C(=O)OC(C)(C)C)C(=O)c2ccccc2)c1. The zero-order valence-corrected chi connectivity index (χ0v) is 32.9. The Hall–Kier alpha value is -5.68. The summed E-state index contributed by atoms with van der Waals surface area (Å²) >= 11 is 0. The summed E-state index contributed by atoms with van der Waals surface area (Å²) in [6.45, 7) is 10.8. The van der Waals surface area contributed by atoms with E-state index in [9.17, 15) is 54.7 Å². The first-order valence-corrected chi connectivity index (χ1v) is 17.6. The smallest absolute Gasteiger partial charge is 0.435 e. The Morgan fingerprint density at radius 1 is 0.707 bits per heavy atom. The molecule has 316 valence electrons. The quantitative estimate of drug-likeness (QED) is 0.105. The molecule has 0 fully saturated rings. The van der Waals surface area contributed by atoms with Gasteiger partial charge in [-0.2, -0.15) is 26.3 Å². The van der Waals surface area contributed by atoms with Crippen LogP contribution in [0.5, 0.6) is 0 Å². The van der Waals surface area contributed by atoms with Crippen molar-refractivity contribution in [2.75, 3.05) is 23.4 Å². The lowest BCUT2D eigenvalue weighted by atomic mass is 9.90. The van der Waals surface area contributed by atoms with E-state index in [-0.39, 0.29) is 40.2 Å². The van der Waals surface area contributed by atoms with Crippen LogP contribution in [0.15, 0.2) is 66.7 Å². The van der Waals surface area contributed by atoms with Crippen molar-refractivity contribution in [1.29, 1.82) is 0 Å². The molecular formula is C40H44F7N3O8. The number of carbonyl (C=O) groups is 5. The molecule has 1 unspecified atom stereocenters. The van der Waals surface area contributed by atoms with Crippen molar-refractivity contribution in [2.45, 2.75) is 97.1 Å². The van der Waals surface area contributed by atoms with Gasteiger partial charge in [-0.1, -0.05) is 36.4 Å². The van der Waals surface area contributed by atoms with Gasteiger partial charge in [0.1, 0.15) is 17.8 Å². The van der Waals surface area contributed by atoms with Crippen LogP contribution >= 0.6 is 0 Å². The van der Waals surface area contributed by atoms with Gasteiger partial charge in [0.15, 0.2) is 6.04 Å². The van der Waals surface area contributed by atoms with Gasteiger partial charge in [0.05, 0.1) is 6.42 Å². The van der Waals surface area contributed by atoms with Gasteiger partial charge in [0, 0.05) is 34.6 Å². The maximum absolute atomic E-state index is 14.8. The second-order valence-electron chi connectivity index (χ2n) is 15.1. The highest BCUT2D eigenvalue weighted by Crippen LogP contribution is 2.53. The Bertz CT molecular complexity index is 1950. The summed E-state index contributed by atoms with van der Waals surface area (Å²) in [5, 5.41) is 4.75. The number of benzene rings is 3. The third-order valence-electron chi connectivity index (χ3n) is 7.97. The molecule has 2 N–H and O–H groups in total. The van der Waals surface area contributed by atoms with E-state index >= 15 is 0 Å². The molecule has 0 aliphatic heterocycles. The predicted octanol–water partition coefficient (Wildman–Crippen LogP) is 8.66. The fourth-order valence-electron chi connectivity index (χ4n) is 5.38. The molecule has 3 rings (SSSR count). The number of nitrogens with zero attached hydrogens (tertiary/aromatic N) is 1. The van der Waals surface area contributed by atoms with E-state index in [0.717, 1.165) is 18.7 Å². The Labute approximate surface area is 330 Å². The topological polar surface area (TPSA) is 140 Å². The summed E-state index contributed by atoms with van der Waals surface area (Å²) in [4.78, 5) is 66.7. The van der Waals surface area contributed by atoms with Crippen LogP contribution in [-0.2, 0) is 29.5 Å². The standard InChI is InChI=1S/C40H44F7N3O8/c1-23-19-27(38(41,39(42,43)44)40(45,46)47)20-24(2)31(23)49-32(52)26-15-12-16-28(21-26)50(33(53)25-13-10-9-11-14-25)18-17-30(51)56-22-29(34(54)57-36(3,4)5)48-35(55)58-37(6,7)8/h9-16,19-21,29H,17-18,22H2,1-8H3,(H,48,55)(H,49,52). The largest absolute Gasteiger partial charge is 0.463 e. The van der Waals surface area contributed by atoms with Gasteiger partial charge in [-0.3, -0.25) is 14.4 Å². The summed E-state index contributed by atoms with van der Waals surface area (Å²) in [6.07, 6.45) is -14.1. The Balaban J connectivity index is 1.87. The van der Waals surface area contributed by atoms with Gasteiger partial charge in [0.25, 0.3) is 11.8 Å². The first-order chi connectivity index (χ1) is 26.5. The van der Waals surface area contributed by atoms with Crippen LogP contribution in [0.2, 0.25) is 0 Å². The molecule has 1 atom stereocenters. The third kappa shape index (κ3) is 12.2. The van der Waals surface area contributed by atoms with Crippen molar-refractivity contribution in [1.82, 2.24) is 5.32 Å². The molecule has 58 heavy (non-hydrogen) atoms. The second kappa shape index (κ2) is 17.9. The third-order valence-corrected chi connectivity index (χ3v) is 7.97. The molecule has 18 heteroatoms. The minimum Gasteiger partial charge on any atom is -0.463 e. The van der Waals surface area contributed by atoms with Crippen molar-refractivity contribution in [3.05, 3.63) is 94.5 Å². The van der Waals surface area contributed by atoms with E-state index < -0.39 is 83.7 Å². The number of hydrogen-bond donors (Lipinski definition) is 2. The van der Waals surface area contributed by atoms with Crippen molar-refractivity contribution in [3.8, 4) is 0 Å². The highest BCUT2D eigenvalue weighted by Gasteiger charge is 2.73. The molecule has 3 amide bonds. The van der Waals surface area contributed by atoms with Crippen LogP contribution < -0.4 is 15.5 Å². The average Bonchev–Trinajstić information content (AvgIpc) is 3.09. The average molecular weight is 828 g/mol. The van der Waals surface area contributed by atoms with Gasteiger partial charge in [-0.05, 0) is 96.8 Å². The number of rotatable bonds is 12. The Morgan fingerprint density at radius 3 is 1.76 bits per heavy atom. The lowest BCUT2D eigenvalue weighted by Crippen LogP contribution is -2.50. The number of hydrogen-bond acceptors (Lipinski definition) is 8. The molecular weight excluding hydrogens is 783 g/mol. The van der Waals surface area contributed by atoms with Crippen LogP contribution in [0.25, 0.3) is 0 Å². The number of anilines is 2. The summed E-state index contributed by atoms with van der Waals surface area (Å²) < 4.78 is 111. The number of alkyl halides is 7. The Morgan fingerprint density at radius 2 is 1.24 bits per heavy atom. The zero-order chi connectivity index (χ0) is 44.0. The minimum absolute atomic E-state index is 0.0916. The Kier molecular flexibility index (Phi) is 14.4. The summed E-state index contributed by atoms with van der Waals surface area (Å²) in [5.41, 5.74) is -9.89. The summed E-state index contributed by atoms with van der Waals surface area (Å²) in [5.74, 6) is -3.32. The highest BCUT2D eigenvalue weighted by molar-refractivity contribution is 6.09. The fourth-order valence-corrected chi connectivity index (χ4v) is 5.38. The van der Waals surface area contributed by atoms with Gasteiger partial charge < -0.3 is 29.7 Å². The number of esters is 2.